The molecule has 0 heterocycles. The summed E-state index contributed by atoms with van der Waals surface area (Å²) in [7, 11) is 0. The zero-order valence-electron chi connectivity index (χ0n) is 8.19. The smallest absolute Gasteiger partial charge is 0.119 e. The van der Waals surface area contributed by atoms with E-state index in [1.165, 1.54) is 0 Å². The van der Waals surface area contributed by atoms with Crippen molar-refractivity contribution in [1.82, 2.24) is 0 Å². The molecule has 0 radical (unpaired) electrons. The molecule has 0 aliphatic heterocycles. The third kappa shape index (κ3) is 3.71. The van der Waals surface area contributed by atoms with Gasteiger partial charge in [0.1, 0.15) is 5.75 Å². The second-order valence-corrected chi connectivity index (χ2v) is 4.08. The van der Waals surface area contributed by atoms with Crippen LogP contribution >= 0.6 is 11.8 Å². The lowest BCUT2D eigenvalue weighted by Gasteiger charge is -2.04. The quantitative estimate of drug-likeness (QED) is 0.696. The summed E-state index contributed by atoms with van der Waals surface area (Å²) in [5, 5.41) is 8.58. The Hall–Kier alpha value is -1.14. The summed E-state index contributed by atoms with van der Waals surface area (Å²) in [5.41, 5.74) is 0.667. The first-order valence-electron chi connectivity index (χ1n) is 4.57. The van der Waals surface area contributed by atoms with Crippen LogP contribution in [0.2, 0.25) is 0 Å². The first-order chi connectivity index (χ1) is 6.86. The minimum Gasteiger partial charge on any atom is -0.493 e. The number of ether oxygens (including phenoxy) is 1. The first kappa shape index (κ1) is 10.9. The van der Waals surface area contributed by atoms with Crippen molar-refractivity contribution in [3.63, 3.8) is 0 Å². The van der Waals surface area contributed by atoms with Gasteiger partial charge >= 0.3 is 0 Å². The molecule has 0 aliphatic carbocycles. The van der Waals surface area contributed by atoms with Crippen LogP contribution in [0.5, 0.6) is 5.75 Å². The number of rotatable bonds is 5. The summed E-state index contributed by atoms with van der Waals surface area (Å²) in [6.07, 6.45) is 0. The Morgan fingerprint density at radius 3 is 2.64 bits per heavy atom. The van der Waals surface area contributed by atoms with E-state index in [1.54, 1.807) is 12.1 Å². The number of thioether (sulfide) groups is 1. The van der Waals surface area contributed by atoms with Crippen molar-refractivity contribution in [2.24, 2.45) is 0 Å². The van der Waals surface area contributed by atoms with Crippen LogP contribution in [0, 0.1) is 11.3 Å². The van der Waals surface area contributed by atoms with Crippen LogP contribution in [0.3, 0.4) is 0 Å². The molecule has 14 heavy (non-hydrogen) atoms. The van der Waals surface area contributed by atoms with E-state index in [4.69, 9.17) is 10.00 Å². The largest absolute Gasteiger partial charge is 0.493 e. The minimum atomic E-state index is 0.667. The molecule has 1 aromatic rings. The summed E-state index contributed by atoms with van der Waals surface area (Å²) in [5.74, 6) is 2.97. The molecule has 3 heteroatoms. The highest BCUT2D eigenvalue weighted by Crippen LogP contribution is 2.11. The molecule has 0 aromatic heterocycles. The maximum Gasteiger partial charge on any atom is 0.119 e. The molecule has 0 atom stereocenters. The van der Waals surface area contributed by atoms with Gasteiger partial charge in [0.15, 0.2) is 0 Å². The molecule has 0 saturated carbocycles. The molecule has 0 bridgehead atoms. The summed E-state index contributed by atoms with van der Waals surface area (Å²) in [6, 6.07) is 9.26. The van der Waals surface area contributed by atoms with Gasteiger partial charge in [0.25, 0.3) is 0 Å². The van der Waals surface area contributed by atoms with Gasteiger partial charge in [0.05, 0.1) is 18.2 Å². The number of hydrogen-bond acceptors (Lipinski definition) is 3. The highest BCUT2D eigenvalue weighted by molar-refractivity contribution is 7.99. The van der Waals surface area contributed by atoms with Gasteiger partial charge in [-0.2, -0.15) is 17.0 Å². The topological polar surface area (TPSA) is 33.0 Å². The Labute approximate surface area is 88.9 Å². The Kier molecular flexibility index (Phi) is 4.95. The molecular formula is C11H13NOS. The predicted octanol–water partition coefficient (Wildman–Crippen LogP) is 2.69. The van der Waals surface area contributed by atoms with Gasteiger partial charge in [-0.3, -0.25) is 0 Å². The van der Waals surface area contributed by atoms with E-state index in [0.717, 1.165) is 23.9 Å². The Morgan fingerprint density at radius 1 is 1.36 bits per heavy atom. The second-order valence-electron chi connectivity index (χ2n) is 2.68. The zero-order valence-corrected chi connectivity index (χ0v) is 9.01. The van der Waals surface area contributed by atoms with Crippen molar-refractivity contribution in [2.45, 2.75) is 6.92 Å². The first-order valence-corrected chi connectivity index (χ1v) is 5.73. The lowest BCUT2D eigenvalue weighted by Crippen LogP contribution is -2.00. The number of hydrogen-bond donors (Lipinski definition) is 0. The van der Waals surface area contributed by atoms with Crippen LogP contribution in [0.25, 0.3) is 0 Å². The molecular weight excluding hydrogens is 194 g/mol. The van der Waals surface area contributed by atoms with Gasteiger partial charge in [-0.25, -0.2) is 0 Å². The van der Waals surface area contributed by atoms with Crippen molar-refractivity contribution in [1.29, 1.82) is 5.26 Å². The van der Waals surface area contributed by atoms with Crippen LogP contribution in [-0.2, 0) is 0 Å². The van der Waals surface area contributed by atoms with Gasteiger partial charge in [0, 0.05) is 5.75 Å². The monoisotopic (exact) mass is 207 g/mol. The highest BCUT2D eigenvalue weighted by Gasteiger charge is 1.93. The Morgan fingerprint density at radius 2 is 2.07 bits per heavy atom. The minimum absolute atomic E-state index is 0.667. The average molecular weight is 207 g/mol. The Balaban J connectivity index is 2.33. The molecule has 0 amide bonds. The third-order valence-electron chi connectivity index (χ3n) is 1.68. The molecule has 1 aromatic carbocycles. The standard InChI is InChI=1S/C11H13NOS/c1-2-14-8-7-13-11-5-3-10(9-12)4-6-11/h3-6H,2,7-8H2,1H3. The lowest BCUT2D eigenvalue weighted by atomic mass is 10.2. The molecule has 74 valence electrons. The SMILES string of the molecule is CCSCCOc1ccc(C#N)cc1. The normalized spacial score (nSPS) is 9.43. The highest BCUT2D eigenvalue weighted by atomic mass is 32.2. The van der Waals surface area contributed by atoms with E-state index in [2.05, 4.69) is 13.0 Å². The molecule has 2 nitrogen and oxygen atoms in total. The third-order valence-corrected chi connectivity index (χ3v) is 2.55. The van der Waals surface area contributed by atoms with Crippen molar-refractivity contribution in [3.8, 4) is 11.8 Å². The van der Waals surface area contributed by atoms with Crippen LogP contribution in [0.4, 0.5) is 0 Å². The van der Waals surface area contributed by atoms with E-state index >= 15 is 0 Å². The molecule has 1 rings (SSSR count). The summed E-state index contributed by atoms with van der Waals surface area (Å²) >= 11 is 1.86. The fourth-order valence-corrected chi connectivity index (χ4v) is 1.48. The van der Waals surface area contributed by atoms with Crippen LogP contribution in [0.1, 0.15) is 12.5 Å². The number of benzene rings is 1. The molecule has 0 N–H and O–H groups in total. The molecule has 0 aliphatic rings. The molecule has 0 unspecified atom stereocenters. The van der Waals surface area contributed by atoms with E-state index in [1.807, 2.05) is 23.9 Å². The van der Waals surface area contributed by atoms with Gasteiger partial charge in [-0.15, -0.1) is 0 Å². The van der Waals surface area contributed by atoms with Gasteiger partial charge < -0.3 is 4.74 Å². The van der Waals surface area contributed by atoms with Crippen molar-refractivity contribution in [3.05, 3.63) is 29.8 Å². The van der Waals surface area contributed by atoms with Gasteiger partial charge in [-0.1, -0.05) is 6.92 Å². The van der Waals surface area contributed by atoms with Crippen molar-refractivity contribution in [2.75, 3.05) is 18.1 Å². The molecule has 0 saturated heterocycles. The Bertz CT molecular complexity index is 302. The van der Waals surface area contributed by atoms with E-state index in [-0.39, 0.29) is 0 Å². The summed E-state index contributed by atoms with van der Waals surface area (Å²) < 4.78 is 5.48. The fourth-order valence-electron chi connectivity index (χ4n) is 0.988. The van der Waals surface area contributed by atoms with E-state index in [0.29, 0.717) is 5.56 Å². The van der Waals surface area contributed by atoms with Crippen molar-refractivity contribution >= 4 is 11.8 Å². The predicted molar refractivity (Wildman–Crippen MR) is 59.7 cm³/mol. The number of nitrogens with zero attached hydrogens (tertiary/aromatic N) is 1. The van der Waals surface area contributed by atoms with E-state index in [9.17, 15) is 0 Å². The second kappa shape index (κ2) is 6.33. The fraction of sp³-hybridized carbons (Fsp3) is 0.364. The van der Waals surface area contributed by atoms with Gasteiger partial charge in [0.2, 0.25) is 0 Å². The summed E-state index contributed by atoms with van der Waals surface area (Å²) in [6.45, 7) is 2.86. The summed E-state index contributed by atoms with van der Waals surface area (Å²) in [4.78, 5) is 0. The molecule has 0 spiro atoms. The van der Waals surface area contributed by atoms with Gasteiger partial charge in [-0.05, 0) is 30.0 Å². The maximum atomic E-state index is 8.58. The maximum absolute atomic E-state index is 8.58. The number of nitriles is 1. The van der Waals surface area contributed by atoms with Crippen LogP contribution in [-0.4, -0.2) is 18.1 Å². The van der Waals surface area contributed by atoms with Crippen LogP contribution in [0.15, 0.2) is 24.3 Å². The zero-order chi connectivity index (χ0) is 10.2. The van der Waals surface area contributed by atoms with E-state index < -0.39 is 0 Å². The average Bonchev–Trinajstić information content (AvgIpc) is 2.25. The lowest BCUT2D eigenvalue weighted by molar-refractivity contribution is 0.344. The van der Waals surface area contributed by atoms with Crippen LogP contribution < -0.4 is 4.74 Å². The molecule has 0 fully saturated rings. The van der Waals surface area contributed by atoms with Crippen molar-refractivity contribution < 1.29 is 4.74 Å².